The van der Waals surface area contributed by atoms with Crippen LogP contribution in [0.4, 0.5) is 0 Å². The van der Waals surface area contributed by atoms with Crippen molar-refractivity contribution in [3.63, 3.8) is 0 Å². The maximum Gasteiger partial charge on any atom is 0.273 e. The van der Waals surface area contributed by atoms with Gasteiger partial charge in [0.25, 0.3) is 21.9 Å². The molecule has 2 unspecified atom stereocenters. The summed E-state index contributed by atoms with van der Waals surface area (Å²) in [4.78, 5) is 12.1. The smallest absolute Gasteiger partial charge is 0.273 e. The molecule has 0 saturated carbocycles. The highest BCUT2D eigenvalue weighted by atomic mass is 32.3. The van der Waals surface area contributed by atoms with E-state index in [2.05, 4.69) is 5.32 Å². The zero-order chi connectivity index (χ0) is 18.3. The second-order valence-corrected chi connectivity index (χ2v) is 8.90. The van der Waals surface area contributed by atoms with Crippen LogP contribution >= 0.6 is 0 Å². The van der Waals surface area contributed by atoms with Gasteiger partial charge in [-0.1, -0.05) is 42.2 Å². The normalized spacial score (nSPS) is 13.8. The number of nitrogens with zero attached hydrogens (tertiary/aromatic N) is 1. The van der Waals surface area contributed by atoms with E-state index < -0.39 is 38.5 Å². The van der Waals surface area contributed by atoms with Crippen LogP contribution in [0.15, 0.2) is 30.3 Å². The summed E-state index contributed by atoms with van der Waals surface area (Å²) in [6, 6.07) is 8.11. The molecule has 1 aromatic rings. The van der Waals surface area contributed by atoms with Crippen molar-refractivity contribution in [3.8, 4) is 0 Å². The van der Waals surface area contributed by atoms with Crippen LogP contribution in [0.2, 0.25) is 0 Å². The maximum atomic E-state index is 12.6. The first-order valence-corrected chi connectivity index (χ1v) is 10.6. The first kappa shape index (κ1) is 20.5. The number of carbonyl (C=O) groups is 1. The second-order valence-electron chi connectivity index (χ2n) is 5.25. The fraction of sp³-hybridized carbons (Fsp3) is 0.467. The second kappa shape index (κ2) is 9.05. The molecule has 7 nitrogen and oxygen atoms in total. The van der Waals surface area contributed by atoms with Gasteiger partial charge in [0, 0.05) is 5.56 Å². The highest BCUT2D eigenvalue weighted by molar-refractivity contribution is 8.04. The number of amides is 1. The van der Waals surface area contributed by atoms with E-state index in [4.69, 9.17) is 5.41 Å². The van der Waals surface area contributed by atoms with Gasteiger partial charge in [-0.25, -0.2) is 8.42 Å². The summed E-state index contributed by atoms with van der Waals surface area (Å²) in [6.07, 6.45) is 2.68. The molecule has 9 heteroatoms. The molecule has 0 heterocycles. The van der Waals surface area contributed by atoms with E-state index in [0.29, 0.717) is 16.6 Å². The zero-order valence-corrected chi connectivity index (χ0v) is 15.6. The molecule has 0 spiro atoms. The Morgan fingerprint density at radius 3 is 2.38 bits per heavy atom. The number of carbonyl (C=O) groups excluding carboxylic acids is 1. The summed E-state index contributed by atoms with van der Waals surface area (Å²) in [6.45, 7) is 3.72. The lowest BCUT2D eigenvalue weighted by Gasteiger charge is -2.28. The number of nitrogens with one attached hydrogen (secondary N) is 2. The summed E-state index contributed by atoms with van der Waals surface area (Å²) in [7, 11) is -3.97. The molecular weight excluding hydrogens is 350 g/mol. The molecule has 0 fully saturated rings. The first-order chi connectivity index (χ1) is 11.2. The van der Waals surface area contributed by atoms with Crippen LogP contribution in [0, 0.1) is 5.41 Å². The van der Waals surface area contributed by atoms with E-state index in [1.54, 1.807) is 18.2 Å². The van der Waals surface area contributed by atoms with Crippen LogP contribution in [0.5, 0.6) is 0 Å². The Balaban J connectivity index is 3.00. The van der Waals surface area contributed by atoms with Gasteiger partial charge in [-0.2, -0.15) is 0 Å². The molecular formula is C15H23N3O4S2. The summed E-state index contributed by atoms with van der Waals surface area (Å²) in [5, 5.41) is 9.73. The van der Waals surface area contributed by atoms with E-state index in [1.807, 2.05) is 13.8 Å². The van der Waals surface area contributed by atoms with Gasteiger partial charge in [-0.15, -0.1) is 0 Å². The Bertz CT molecular complexity index is 665. The van der Waals surface area contributed by atoms with E-state index >= 15 is 0 Å². The molecule has 0 aliphatic carbocycles. The number of rotatable bonds is 7. The standard InChI is InChI=1S/C15H23N3O4S2/c1-4-9-13(5-2)23(20)18(24(3,21)22)15(16)17-14(19)12-10-7-6-8-11-12/h6-8,10-11,13H,4-5,9H2,1-3H3,(H2,16,17,19). The number of benzene rings is 1. The van der Waals surface area contributed by atoms with Crippen molar-refractivity contribution in [2.45, 2.75) is 38.4 Å². The van der Waals surface area contributed by atoms with E-state index in [1.165, 1.54) is 12.1 Å². The quantitative estimate of drug-likeness (QED) is 0.431. The van der Waals surface area contributed by atoms with Crippen LogP contribution in [0.25, 0.3) is 0 Å². The van der Waals surface area contributed by atoms with Crippen molar-refractivity contribution in [2.75, 3.05) is 6.26 Å². The molecule has 2 atom stereocenters. The lowest BCUT2D eigenvalue weighted by atomic mass is 10.2. The number of hydrogen-bond acceptors (Lipinski definition) is 5. The van der Waals surface area contributed by atoms with Gasteiger partial charge in [0.1, 0.15) is 5.25 Å². The van der Waals surface area contributed by atoms with E-state index in [9.17, 15) is 17.8 Å². The Kier molecular flexibility index (Phi) is 7.71. The predicted molar refractivity (Wildman–Crippen MR) is 95.4 cm³/mol. The van der Waals surface area contributed by atoms with Gasteiger partial charge >= 0.3 is 0 Å². The Labute approximate surface area is 146 Å². The van der Waals surface area contributed by atoms with Gasteiger partial charge in [0.15, 0.2) is 0 Å². The first-order valence-electron chi connectivity index (χ1n) is 7.58. The van der Waals surface area contributed by atoms with Gasteiger partial charge in [0.2, 0.25) is 0 Å². The minimum atomic E-state index is -3.97. The predicted octanol–water partition coefficient (Wildman–Crippen LogP) is 1.86. The minimum Gasteiger partial charge on any atom is -0.592 e. The van der Waals surface area contributed by atoms with Crippen molar-refractivity contribution in [1.82, 2.24) is 9.03 Å². The molecule has 0 aliphatic rings. The molecule has 1 rings (SSSR count). The molecule has 0 saturated heterocycles. The van der Waals surface area contributed by atoms with Crippen LogP contribution < -0.4 is 5.32 Å². The molecule has 0 aromatic heterocycles. The molecule has 0 bridgehead atoms. The Morgan fingerprint density at radius 2 is 1.92 bits per heavy atom. The molecule has 0 radical (unpaired) electrons. The van der Waals surface area contributed by atoms with E-state index in [-0.39, 0.29) is 5.56 Å². The third-order valence-electron chi connectivity index (χ3n) is 3.27. The summed E-state index contributed by atoms with van der Waals surface area (Å²) in [5.41, 5.74) is 0.280. The van der Waals surface area contributed by atoms with Gasteiger partial charge in [-0.3, -0.25) is 15.5 Å². The van der Waals surface area contributed by atoms with Crippen LogP contribution in [-0.2, 0) is 21.4 Å². The Hall–Kier alpha value is -1.58. The van der Waals surface area contributed by atoms with Crippen molar-refractivity contribution < 1.29 is 17.8 Å². The highest BCUT2D eigenvalue weighted by Gasteiger charge is 2.38. The van der Waals surface area contributed by atoms with Crippen LogP contribution in [-0.4, -0.2) is 40.1 Å². The van der Waals surface area contributed by atoms with Crippen molar-refractivity contribution in [1.29, 1.82) is 5.41 Å². The Morgan fingerprint density at radius 1 is 1.33 bits per heavy atom. The van der Waals surface area contributed by atoms with Gasteiger partial charge in [-0.05, 0) is 25.0 Å². The average Bonchev–Trinajstić information content (AvgIpc) is 2.51. The maximum absolute atomic E-state index is 12.6. The third kappa shape index (κ3) is 5.50. The number of sulfonamides is 1. The summed E-state index contributed by atoms with van der Waals surface area (Å²) in [5.74, 6) is -1.34. The molecule has 1 amide bonds. The number of guanidine groups is 1. The van der Waals surface area contributed by atoms with E-state index in [0.717, 1.165) is 12.7 Å². The summed E-state index contributed by atoms with van der Waals surface area (Å²) < 4.78 is 37.1. The zero-order valence-electron chi connectivity index (χ0n) is 14.0. The SMILES string of the molecule is CCCC(CC)[S+]([O-])N(C(=N)NC(=O)c1ccccc1)S(C)(=O)=O. The van der Waals surface area contributed by atoms with Crippen molar-refractivity contribution in [3.05, 3.63) is 35.9 Å². The third-order valence-corrected chi connectivity index (χ3v) is 6.95. The lowest BCUT2D eigenvalue weighted by Crippen LogP contribution is -2.51. The molecule has 1 aromatic carbocycles. The fourth-order valence-corrected chi connectivity index (χ4v) is 5.14. The molecule has 134 valence electrons. The monoisotopic (exact) mass is 373 g/mol. The average molecular weight is 374 g/mol. The lowest BCUT2D eigenvalue weighted by molar-refractivity contribution is 0.0975. The van der Waals surface area contributed by atoms with Crippen LogP contribution in [0.1, 0.15) is 43.5 Å². The van der Waals surface area contributed by atoms with Crippen molar-refractivity contribution >= 4 is 33.3 Å². The van der Waals surface area contributed by atoms with Gasteiger partial charge < -0.3 is 4.55 Å². The molecule has 24 heavy (non-hydrogen) atoms. The van der Waals surface area contributed by atoms with Crippen LogP contribution in [0.3, 0.4) is 0 Å². The van der Waals surface area contributed by atoms with Crippen molar-refractivity contribution in [2.24, 2.45) is 0 Å². The highest BCUT2D eigenvalue weighted by Crippen LogP contribution is 2.20. The largest absolute Gasteiger partial charge is 0.592 e. The molecule has 0 aliphatic heterocycles. The summed E-state index contributed by atoms with van der Waals surface area (Å²) >= 11 is -1.96. The topological polar surface area (TPSA) is 113 Å². The van der Waals surface area contributed by atoms with Gasteiger partial charge in [0.05, 0.1) is 17.6 Å². The molecule has 2 N–H and O–H groups in total. The minimum absolute atomic E-state index is 0.280. The fourth-order valence-electron chi connectivity index (χ4n) is 2.11. The number of hydrogen-bond donors (Lipinski definition) is 2.